The molecule has 1 aromatic carbocycles. The number of nitrogens with zero attached hydrogens (tertiary/aromatic N) is 2. The van der Waals surface area contributed by atoms with Crippen LogP contribution in [0.2, 0.25) is 0 Å². The zero-order valence-electron chi connectivity index (χ0n) is 10.6. The lowest BCUT2D eigenvalue weighted by Gasteiger charge is -2.15. The second-order valence-electron chi connectivity index (χ2n) is 4.11. The molecule has 0 bridgehead atoms. The molecular formula is C12H11BrF3N3O. The van der Waals surface area contributed by atoms with E-state index >= 15 is 0 Å². The van der Waals surface area contributed by atoms with E-state index in [9.17, 15) is 13.2 Å². The van der Waals surface area contributed by atoms with Crippen LogP contribution in [0.4, 0.5) is 19.0 Å². The summed E-state index contributed by atoms with van der Waals surface area (Å²) in [4.78, 5) is 0. The fourth-order valence-corrected chi connectivity index (χ4v) is 2.29. The maximum absolute atomic E-state index is 13.0. The minimum atomic E-state index is -4.52. The summed E-state index contributed by atoms with van der Waals surface area (Å²) in [6.07, 6.45) is -4.52. The molecule has 0 spiro atoms. The highest BCUT2D eigenvalue weighted by molar-refractivity contribution is 9.10. The number of nitrogen functional groups attached to an aromatic ring is 1. The maximum Gasteiger partial charge on any atom is 0.420 e. The predicted molar refractivity (Wildman–Crippen MR) is 72.3 cm³/mol. The minimum Gasteiger partial charge on any atom is -0.495 e. The van der Waals surface area contributed by atoms with E-state index in [-0.39, 0.29) is 15.8 Å². The molecule has 8 heteroatoms. The molecule has 0 aliphatic carbocycles. The van der Waals surface area contributed by atoms with Gasteiger partial charge in [-0.25, -0.2) is 0 Å². The number of methoxy groups -OCH3 is 1. The molecule has 1 heterocycles. The number of aryl methyl sites for hydroxylation is 1. The number of nitrogens with two attached hydrogens (primary N) is 1. The molecule has 2 aromatic rings. The van der Waals surface area contributed by atoms with E-state index in [2.05, 4.69) is 21.0 Å². The van der Waals surface area contributed by atoms with Gasteiger partial charge in [-0.2, -0.15) is 18.3 Å². The Balaban J connectivity index is 2.72. The lowest BCUT2D eigenvalue weighted by atomic mass is 10.1. The molecule has 0 amide bonds. The van der Waals surface area contributed by atoms with Gasteiger partial charge in [0.15, 0.2) is 0 Å². The molecule has 20 heavy (non-hydrogen) atoms. The molecule has 1 aromatic heterocycles. The number of aromatic nitrogens is 2. The lowest BCUT2D eigenvalue weighted by molar-refractivity contribution is -0.138. The molecule has 2 N–H and O–H groups in total. The highest BCUT2D eigenvalue weighted by atomic mass is 79.9. The molecule has 0 atom stereocenters. The molecule has 0 saturated heterocycles. The third-order valence-electron chi connectivity index (χ3n) is 2.76. The van der Waals surface area contributed by atoms with Gasteiger partial charge in [0.2, 0.25) is 0 Å². The first-order chi connectivity index (χ1) is 9.24. The Bertz CT molecular complexity index is 633. The first-order valence-electron chi connectivity index (χ1n) is 5.48. The molecule has 0 aliphatic rings. The number of hydrogen-bond acceptors (Lipinski definition) is 3. The van der Waals surface area contributed by atoms with Crippen LogP contribution in [0.15, 0.2) is 22.7 Å². The average molecular weight is 350 g/mol. The van der Waals surface area contributed by atoms with Gasteiger partial charge in [0, 0.05) is 23.2 Å². The number of ether oxygens (including phenoxy) is 1. The lowest BCUT2D eigenvalue weighted by Crippen LogP contribution is -2.08. The summed E-state index contributed by atoms with van der Waals surface area (Å²) in [6, 6.07) is 3.97. The van der Waals surface area contributed by atoms with Crippen molar-refractivity contribution < 1.29 is 17.9 Å². The van der Waals surface area contributed by atoms with Crippen LogP contribution in [0.3, 0.4) is 0 Å². The predicted octanol–water partition coefficient (Wildman–Crippen LogP) is 3.46. The third kappa shape index (κ3) is 2.60. The fourth-order valence-electron chi connectivity index (χ4n) is 1.83. The zero-order valence-corrected chi connectivity index (χ0v) is 12.2. The summed E-state index contributed by atoms with van der Waals surface area (Å²) in [5.74, 6) is 0.0642. The van der Waals surface area contributed by atoms with Crippen LogP contribution >= 0.6 is 15.9 Å². The highest BCUT2D eigenvalue weighted by Crippen LogP contribution is 2.43. The van der Waals surface area contributed by atoms with Gasteiger partial charge in [-0.1, -0.05) is 15.9 Å². The van der Waals surface area contributed by atoms with Gasteiger partial charge in [-0.15, -0.1) is 0 Å². The largest absolute Gasteiger partial charge is 0.495 e. The van der Waals surface area contributed by atoms with Crippen LogP contribution in [0.25, 0.3) is 11.3 Å². The molecular weight excluding hydrogens is 339 g/mol. The third-order valence-corrected chi connectivity index (χ3v) is 3.21. The van der Waals surface area contributed by atoms with E-state index in [1.807, 2.05) is 0 Å². The highest BCUT2D eigenvalue weighted by Gasteiger charge is 2.36. The number of hydrogen-bond donors (Lipinski definition) is 1. The normalized spacial score (nSPS) is 11.7. The summed E-state index contributed by atoms with van der Waals surface area (Å²) in [5.41, 5.74) is 5.33. The van der Waals surface area contributed by atoms with E-state index in [4.69, 9.17) is 10.5 Å². The Kier molecular flexibility index (Phi) is 3.68. The van der Waals surface area contributed by atoms with Gasteiger partial charge in [0.25, 0.3) is 0 Å². The second-order valence-corrected chi connectivity index (χ2v) is 5.03. The van der Waals surface area contributed by atoms with Crippen molar-refractivity contribution in [3.8, 4) is 17.0 Å². The zero-order chi connectivity index (χ0) is 15.1. The maximum atomic E-state index is 13.0. The Hall–Kier alpha value is -1.70. The van der Waals surface area contributed by atoms with Crippen molar-refractivity contribution >= 4 is 21.7 Å². The van der Waals surface area contributed by atoms with E-state index in [0.29, 0.717) is 11.5 Å². The summed E-state index contributed by atoms with van der Waals surface area (Å²) in [7, 11) is 2.79. The van der Waals surface area contributed by atoms with E-state index < -0.39 is 11.7 Å². The fraction of sp³-hybridized carbons (Fsp3) is 0.250. The van der Waals surface area contributed by atoms with E-state index in [1.54, 1.807) is 7.05 Å². The van der Waals surface area contributed by atoms with Crippen LogP contribution in [0.1, 0.15) is 5.56 Å². The Morgan fingerprint density at radius 3 is 2.40 bits per heavy atom. The van der Waals surface area contributed by atoms with Crippen LogP contribution in [0, 0.1) is 0 Å². The molecule has 108 valence electrons. The van der Waals surface area contributed by atoms with Crippen LogP contribution < -0.4 is 10.5 Å². The topological polar surface area (TPSA) is 53.1 Å². The van der Waals surface area contributed by atoms with Gasteiger partial charge in [0.1, 0.15) is 11.6 Å². The quantitative estimate of drug-likeness (QED) is 0.903. The molecule has 4 nitrogen and oxygen atoms in total. The van der Waals surface area contributed by atoms with Crippen molar-refractivity contribution in [2.24, 2.45) is 7.05 Å². The Morgan fingerprint density at radius 2 is 1.95 bits per heavy atom. The van der Waals surface area contributed by atoms with Crippen LogP contribution in [-0.4, -0.2) is 16.9 Å². The van der Waals surface area contributed by atoms with Crippen LogP contribution in [0.5, 0.6) is 5.75 Å². The van der Waals surface area contributed by atoms with Crippen molar-refractivity contribution in [1.82, 2.24) is 9.78 Å². The van der Waals surface area contributed by atoms with Gasteiger partial charge >= 0.3 is 6.18 Å². The van der Waals surface area contributed by atoms with Crippen molar-refractivity contribution in [3.63, 3.8) is 0 Å². The van der Waals surface area contributed by atoms with Crippen molar-refractivity contribution in [3.05, 3.63) is 28.2 Å². The summed E-state index contributed by atoms with van der Waals surface area (Å²) < 4.78 is 45.7. The monoisotopic (exact) mass is 349 g/mol. The second kappa shape index (κ2) is 5.01. The first-order valence-corrected chi connectivity index (χ1v) is 6.28. The molecule has 0 saturated carbocycles. The van der Waals surface area contributed by atoms with E-state index in [1.165, 1.54) is 23.9 Å². The van der Waals surface area contributed by atoms with Gasteiger partial charge in [0.05, 0.1) is 18.4 Å². The number of anilines is 1. The molecule has 0 radical (unpaired) electrons. The summed E-state index contributed by atoms with van der Waals surface area (Å²) in [5, 5.41) is 4.08. The van der Waals surface area contributed by atoms with Crippen molar-refractivity contribution in [2.75, 3.05) is 12.8 Å². The molecule has 0 aliphatic heterocycles. The minimum absolute atomic E-state index is 0.224. The SMILES string of the molecule is COc1c(-c2cc(N)n(C)n2)cc(Br)cc1C(F)(F)F. The molecule has 0 fully saturated rings. The first kappa shape index (κ1) is 14.7. The standard InChI is InChI=1S/C12H11BrF3N3O/c1-19-10(17)5-9(18-19)7-3-6(13)4-8(11(7)20-2)12(14,15)16/h3-5H,17H2,1-2H3. The summed E-state index contributed by atoms with van der Waals surface area (Å²) in [6.45, 7) is 0. The Morgan fingerprint density at radius 1 is 1.30 bits per heavy atom. The number of alkyl halides is 3. The number of halogens is 4. The van der Waals surface area contributed by atoms with Crippen LogP contribution in [-0.2, 0) is 13.2 Å². The van der Waals surface area contributed by atoms with Gasteiger partial charge in [-0.3, -0.25) is 4.68 Å². The Labute approximate surface area is 121 Å². The van der Waals surface area contributed by atoms with Crippen molar-refractivity contribution in [2.45, 2.75) is 6.18 Å². The number of benzene rings is 1. The van der Waals surface area contributed by atoms with Gasteiger partial charge in [-0.05, 0) is 12.1 Å². The molecule has 0 unspecified atom stereocenters. The van der Waals surface area contributed by atoms with Gasteiger partial charge < -0.3 is 10.5 Å². The number of rotatable bonds is 2. The summed E-state index contributed by atoms with van der Waals surface area (Å²) >= 11 is 3.07. The van der Waals surface area contributed by atoms with E-state index in [0.717, 1.165) is 6.07 Å². The smallest absolute Gasteiger partial charge is 0.420 e. The molecule has 2 rings (SSSR count). The average Bonchev–Trinajstić information content (AvgIpc) is 2.67. The van der Waals surface area contributed by atoms with Crippen molar-refractivity contribution in [1.29, 1.82) is 0 Å².